The highest BCUT2D eigenvalue weighted by Crippen LogP contribution is 2.24. The Bertz CT molecular complexity index is 432. The van der Waals surface area contributed by atoms with E-state index in [-0.39, 0.29) is 5.75 Å². The van der Waals surface area contributed by atoms with Crippen LogP contribution in [0.5, 0.6) is 5.75 Å². The zero-order valence-corrected chi connectivity index (χ0v) is 10.9. The molecule has 98 valence electrons. The third kappa shape index (κ3) is 4.79. The van der Waals surface area contributed by atoms with E-state index in [2.05, 4.69) is 0 Å². The number of halogens is 1. The molecule has 0 bridgehead atoms. The number of hydrogen-bond acceptors (Lipinski definition) is 3. The minimum absolute atomic E-state index is 0.103. The van der Waals surface area contributed by atoms with E-state index >= 15 is 0 Å². The molecule has 0 amide bonds. The summed E-state index contributed by atoms with van der Waals surface area (Å²) in [6, 6.07) is 4.43. The van der Waals surface area contributed by atoms with Gasteiger partial charge in [-0.05, 0) is 17.9 Å². The summed E-state index contributed by atoms with van der Waals surface area (Å²) >= 11 is 1.70. The van der Waals surface area contributed by atoms with Crippen LogP contribution in [-0.4, -0.2) is 29.2 Å². The van der Waals surface area contributed by atoms with Gasteiger partial charge in [0.15, 0.2) is 11.6 Å². The Labute approximate surface area is 110 Å². The van der Waals surface area contributed by atoms with Gasteiger partial charge in [-0.2, -0.15) is 11.8 Å². The van der Waals surface area contributed by atoms with Gasteiger partial charge in [0, 0.05) is 17.4 Å². The molecular formula is C13H15FO3S. The fourth-order valence-corrected chi connectivity index (χ4v) is 1.81. The fourth-order valence-electron chi connectivity index (χ4n) is 1.32. The Balaban J connectivity index is 2.77. The zero-order chi connectivity index (χ0) is 13.4. The number of thioether (sulfide) groups is 1. The molecule has 0 saturated carbocycles. The third-order valence-electron chi connectivity index (χ3n) is 2.08. The topological polar surface area (TPSA) is 46.5 Å². The summed E-state index contributed by atoms with van der Waals surface area (Å²) in [5.74, 6) is 0.293. The molecular weight excluding hydrogens is 255 g/mol. The Morgan fingerprint density at radius 2 is 2.33 bits per heavy atom. The first-order valence-electron chi connectivity index (χ1n) is 5.55. The summed E-state index contributed by atoms with van der Waals surface area (Å²) in [5, 5.41) is 8.56. The lowest BCUT2D eigenvalue weighted by atomic mass is 10.2. The lowest BCUT2D eigenvalue weighted by Crippen LogP contribution is -2.03. The number of benzene rings is 1. The Hall–Kier alpha value is -1.49. The molecule has 5 heteroatoms. The molecule has 3 nitrogen and oxygen atoms in total. The van der Waals surface area contributed by atoms with Gasteiger partial charge in [-0.25, -0.2) is 9.18 Å². The number of para-hydroxylation sites is 1. The van der Waals surface area contributed by atoms with Crippen LogP contribution in [0.15, 0.2) is 24.3 Å². The summed E-state index contributed by atoms with van der Waals surface area (Å²) < 4.78 is 18.9. The number of aliphatic carboxylic acids is 1. The summed E-state index contributed by atoms with van der Waals surface area (Å²) in [4.78, 5) is 10.4. The van der Waals surface area contributed by atoms with Crippen molar-refractivity contribution in [2.45, 2.75) is 6.92 Å². The first-order valence-corrected chi connectivity index (χ1v) is 6.70. The van der Waals surface area contributed by atoms with Crippen molar-refractivity contribution in [1.29, 1.82) is 0 Å². The molecule has 0 atom stereocenters. The second kappa shape index (κ2) is 7.76. The Kier molecular flexibility index (Phi) is 6.28. The Morgan fingerprint density at radius 3 is 3.00 bits per heavy atom. The number of carbonyl (C=O) groups is 1. The molecule has 0 aliphatic heterocycles. The van der Waals surface area contributed by atoms with Gasteiger partial charge in [0.25, 0.3) is 0 Å². The standard InChI is InChI=1S/C13H15FO3S/c1-2-18-9-8-17-13-10(6-7-12(15)16)4-3-5-11(13)14/h3-7H,2,8-9H2,1H3,(H,15,16)/b7-6+. The average molecular weight is 270 g/mol. The van der Waals surface area contributed by atoms with Gasteiger partial charge in [-0.1, -0.05) is 19.1 Å². The van der Waals surface area contributed by atoms with E-state index in [9.17, 15) is 9.18 Å². The van der Waals surface area contributed by atoms with E-state index in [1.165, 1.54) is 18.2 Å². The number of carboxylic acid groups (broad SMARTS) is 1. The number of ether oxygens (including phenoxy) is 1. The van der Waals surface area contributed by atoms with Crippen LogP contribution < -0.4 is 4.74 Å². The van der Waals surface area contributed by atoms with Crippen LogP contribution in [0.2, 0.25) is 0 Å². The fraction of sp³-hybridized carbons (Fsp3) is 0.308. The molecule has 0 radical (unpaired) electrons. The summed E-state index contributed by atoms with van der Waals surface area (Å²) in [6.45, 7) is 2.43. The molecule has 18 heavy (non-hydrogen) atoms. The monoisotopic (exact) mass is 270 g/mol. The molecule has 0 spiro atoms. The van der Waals surface area contributed by atoms with Gasteiger partial charge >= 0.3 is 5.97 Å². The smallest absolute Gasteiger partial charge is 0.328 e. The van der Waals surface area contributed by atoms with Crippen LogP contribution in [0.3, 0.4) is 0 Å². The SMILES string of the molecule is CCSCCOc1c(F)cccc1/C=C/C(=O)O. The third-order valence-corrected chi connectivity index (χ3v) is 2.94. The molecule has 0 heterocycles. The van der Waals surface area contributed by atoms with Crippen LogP contribution in [-0.2, 0) is 4.79 Å². The first-order chi connectivity index (χ1) is 8.65. The highest BCUT2D eigenvalue weighted by atomic mass is 32.2. The van der Waals surface area contributed by atoms with Gasteiger partial charge in [-0.15, -0.1) is 0 Å². The van der Waals surface area contributed by atoms with Gasteiger partial charge in [0.1, 0.15) is 0 Å². The van der Waals surface area contributed by atoms with Crippen molar-refractivity contribution in [3.05, 3.63) is 35.7 Å². The van der Waals surface area contributed by atoms with Crippen molar-refractivity contribution in [2.24, 2.45) is 0 Å². The van der Waals surface area contributed by atoms with Crippen molar-refractivity contribution in [2.75, 3.05) is 18.1 Å². The van der Waals surface area contributed by atoms with E-state index in [0.29, 0.717) is 12.2 Å². The van der Waals surface area contributed by atoms with Crippen LogP contribution >= 0.6 is 11.8 Å². The van der Waals surface area contributed by atoms with Gasteiger partial charge in [0.05, 0.1) is 6.61 Å². The molecule has 0 aliphatic rings. The van der Waals surface area contributed by atoms with Gasteiger partial charge in [-0.3, -0.25) is 0 Å². The van der Waals surface area contributed by atoms with E-state index in [1.807, 2.05) is 6.92 Å². The molecule has 1 aromatic rings. The second-order valence-corrected chi connectivity index (χ2v) is 4.77. The van der Waals surface area contributed by atoms with Crippen molar-refractivity contribution in [3.8, 4) is 5.75 Å². The lowest BCUT2D eigenvalue weighted by Gasteiger charge is -2.09. The minimum Gasteiger partial charge on any atom is -0.489 e. The normalized spacial score (nSPS) is 10.8. The molecule has 1 rings (SSSR count). The highest BCUT2D eigenvalue weighted by molar-refractivity contribution is 7.99. The van der Waals surface area contributed by atoms with E-state index in [1.54, 1.807) is 17.8 Å². The largest absolute Gasteiger partial charge is 0.489 e. The van der Waals surface area contributed by atoms with E-state index in [4.69, 9.17) is 9.84 Å². The van der Waals surface area contributed by atoms with Gasteiger partial charge < -0.3 is 9.84 Å². The molecule has 0 unspecified atom stereocenters. The highest BCUT2D eigenvalue weighted by Gasteiger charge is 2.07. The minimum atomic E-state index is -1.08. The number of rotatable bonds is 7. The molecule has 0 saturated heterocycles. The Morgan fingerprint density at radius 1 is 1.56 bits per heavy atom. The molecule has 1 aromatic carbocycles. The zero-order valence-electron chi connectivity index (χ0n) is 10.1. The van der Waals surface area contributed by atoms with Crippen LogP contribution in [0.1, 0.15) is 12.5 Å². The quantitative estimate of drug-likeness (QED) is 0.611. The summed E-state index contributed by atoms with van der Waals surface area (Å²) in [5.41, 5.74) is 0.430. The number of carboxylic acids is 1. The second-order valence-electron chi connectivity index (χ2n) is 3.38. The molecule has 1 N–H and O–H groups in total. The number of hydrogen-bond donors (Lipinski definition) is 1. The average Bonchev–Trinajstić information content (AvgIpc) is 2.34. The van der Waals surface area contributed by atoms with Crippen molar-refractivity contribution < 1.29 is 19.0 Å². The van der Waals surface area contributed by atoms with Crippen molar-refractivity contribution >= 4 is 23.8 Å². The van der Waals surface area contributed by atoms with Crippen LogP contribution in [0.4, 0.5) is 4.39 Å². The molecule has 0 aromatic heterocycles. The first kappa shape index (κ1) is 14.6. The maximum atomic E-state index is 13.6. The van der Waals surface area contributed by atoms with Gasteiger partial charge in [0.2, 0.25) is 0 Å². The van der Waals surface area contributed by atoms with Crippen LogP contribution in [0, 0.1) is 5.82 Å². The molecule has 0 aliphatic carbocycles. The van der Waals surface area contributed by atoms with Crippen LogP contribution in [0.25, 0.3) is 6.08 Å². The summed E-state index contributed by atoms with van der Waals surface area (Å²) in [7, 11) is 0. The predicted octanol–water partition coefficient (Wildman–Crippen LogP) is 3.06. The molecule has 0 fully saturated rings. The van der Waals surface area contributed by atoms with E-state index in [0.717, 1.165) is 17.6 Å². The maximum absolute atomic E-state index is 13.6. The lowest BCUT2D eigenvalue weighted by molar-refractivity contribution is -0.131. The predicted molar refractivity (Wildman–Crippen MR) is 71.6 cm³/mol. The van der Waals surface area contributed by atoms with Crippen molar-refractivity contribution in [3.63, 3.8) is 0 Å². The maximum Gasteiger partial charge on any atom is 0.328 e. The van der Waals surface area contributed by atoms with E-state index < -0.39 is 11.8 Å². The summed E-state index contributed by atoms with van der Waals surface area (Å²) in [6.07, 6.45) is 2.29. The van der Waals surface area contributed by atoms with Crippen molar-refractivity contribution in [1.82, 2.24) is 0 Å².